The smallest absolute Gasteiger partial charge is 0.157 e. The summed E-state index contributed by atoms with van der Waals surface area (Å²) in [6.45, 7) is 6.52. The third-order valence-electron chi connectivity index (χ3n) is 3.52. The Balaban J connectivity index is 2.15. The molecule has 1 aliphatic rings. The van der Waals surface area contributed by atoms with E-state index in [2.05, 4.69) is 4.72 Å². The molecule has 1 fully saturated rings. The Labute approximate surface area is 138 Å². The largest absolute Gasteiger partial charge is 0.350 e. The molecule has 23 heavy (non-hydrogen) atoms. The molecule has 0 amide bonds. The number of halogens is 2. The van der Waals surface area contributed by atoms with Gasteiger partial charge in [0.05, 0.1) is 28.9 Å². The summed E-state index contributed by atoms with van der Waals surface area (Å²) in [4.78, 5) is 0. The molecular formula is C16H23F2NO3S. The van der Waals surface area contributed by atoms with Crippen LogP contribution in [0.4, 0.5) is 8.78 Å². The van der Waals surface area contributed by atoms with E-state index >= 15 is 0 Å². The van der Waals surface area contributed by atoms with E-state index in [0.717, 1.165) is 18.2 Å². The molecule has 4 nitrogen and oxygen atoms in total. The molecule has 0 aliphatic carbocycles. The highest BCUT2D eigenvalue weighted by Crippen LogP contribution is 2.26. The molecule has 0 aromatic heterocycles. The van der Waals surface area contributed by atoms with Crippen LogP contribution in [0.1, 0.15) is 45.2 Å². The molecule has 2 unspecified atom stereocenters. The van der Waals surface area contributed by atoms with E-state index in [4.69, 9.17) is 9.47 Å². The van der Waals surface area contributed by atoms with Crippen molar-refractivity contribution in [3.05, 3.63) is 35.4 Å². The highest BCUT2D eigenvalue weighted by molar-refractivity contribution is 7.84. The fourth-order valence-corrected chi connectivity index (χ4v) is 3.10. The summed E-state index contributed by atoms with van der Waals surface area (Å²) in [6, 6.07) is 2.71. The lowest BCUT2D eigenvalue weighted by Crippen LogP contribution is -2.36. The molecule has 1 aromatic rings. The predicted molar refractivity (Wildman–Crippen MR) is 85.1 cm³/mol. The Kier molecular flexibility index (Phi) is 6.25. The van der Waals surface area contributed by atoms with Gasteiger partial charge in [0.15, 0.2) is 6.29 Å². The van der Waals surface area contributed by atoms with E-state index < -0.39 is 33.4 Å². The molecular weight excluding hydrogens is 324 g/mol. The lowest BCUT2D eigenvalue weighted by Gasteiger charge is -2.25. The van der Waals surface area contributed by atoms with Crippen LogP contribution in [0, 0.1) is 11.6 Å². The monoisotopic (exact) mass is 347 g/mol. The van der Waals surface area contributed by atoms with E-state index in [1.165, 1.54) is 0 Å². The van der Waals surface area contributed by atoms with E-state index in [1.807, 2.05) is 20.8 Å². The van der Waals surface area contributed by atoms with E-state index in [0.29, 0.717) is 26.1 Å². The standard InChI is InChI=1S/C16H23F2NO3S/c1-16(2,3)23(20)19-14(6-7-15-21-8-9-22-15)12-10-11(17)4-5-13(12)18/h4-5,10,14-15,19H,6-9H2,1-3H3. The van der Waals surface area contributed by atoms with Gasteiger partial charge in [-0.1, -0.05) is 0 Å². The highest BCUT2D eigenvalue weighted by Gasteiger charge is 2.27. The zero-order valence-electron chi connectivity index (χ0n) is 13.6. The molecule has 0 bridgehead atoms. The van der Waals surface area contributed by atoms with Crippen LogP contribution in [0.2, 0.25) is 0 Å². The first kappa shape index (κ1) is 18.4. The minimum Gasteiger partial charge on any atom is -0.350 e. The minimum atomic E-state index is -1.41. The number of hydrogen-bond acceptors (Lipinski definition) is 3. The average molecular weight is 347 g/mol. The summed E-state index contributed by atoms with van der Waals surface area (Å²) >= 11 is 0. The third kappa shape index (κ3) is 5.31. The summed E-state index contributed by atoms with van der Waals surface area (Å²) in [7, 11) is -1.41. The normalized spacial score (nSPS) is 19.0. The van der Waals surface area contributed by atoms with Crippen LogP contribution in [0.3, 0.4) is 0 Å². The number of rotatable bonds is 6. The SMILES string of the molecule is CC(C)(C)S(=O)NC(CCC1OCCO1)c1cc(F)ccc1F. The summed E-state index contributed by atoms with van der Waals surface area (Å²) in [6.07, 6.45) is 0.584. The van der Waals surface area contributed by atoms with Crippen LogP contribution in [0.15, 0.2) is 18.2 Å². The first-order valence-corrected chi connectivity index (χ1v) is 8.78. The van der Waals surface area contributed by atoms with Crippen molar-refractivity contribution in [3.63, 3.8) is 0 Å². The fraction of sp³-hybridized carbons (Fsp3) is 0.625. The molecule has 1 aliphatic heterocycles. The van der Waals surface area contributed by atoms with Gasteiger partial charge in [0, 0.05) is 18.0 Å². The van der Waals surface area contributed by atoms with Crippen LogP contribution in [0.5, 0.6) is 0 Å². The number of benzene rings is 1. The number of hydrogen-bond donors (Lipinski definition) is 1. The summed E-state index contributed by atoms with van der Waals surface area (Å²) < 4.78 is 53.1. The molecule has 1 aromatic carbocycles. The van der Waals surface area contributed by atoms with Crippen LogP contribution < -0.4 is 4.72 Å². The van der Waals surface area contributed by atoms with Gasteiger partial charge in [0.2, 0.25) is 0 Å². The van der Waals surface area contributed by atoms with Crippen molar-refractivity contribution in [2.24, 2.45) is 0 Å². The second-order valence-corrected chi connectivity index (χ2v) is 8.46. The maximum atomic E-state index is 14.1. The number of ether oxygens (including phenoxy) is 2. The van der Waals surface area contributed by atoms with Crippen LogP contribution in [-0.4, -0.2) is 28.5 Å². The first-order valence-electron chi connectivity index (χ1n) is 7.63. The van der Waals surface area contributed by atoms with Gasteiger partial charge in [-0.05, 0) is 45.4 Å². The average Bonchev–Trinajstić information content (AvgIpc) is 2.98. The molecule has 2 atom stereocenters. The van der Waals surface area contributed by atoms with Gasteiger partial charge in [0.1, 0.15) is 11.6 Å². The van der Waals surface area contributed by atoms with Gasteiger partial charge in [-0.3, -0.25) is 0 Å². The van der Waals surface area contributed by atoms with Gasteiger partial charge in [0.25, 0.3) is 0 Å². The van der Waals surface area contributed by atoms with Crippen LogP contribution in [-0.2, 0) is 20.5 Å². The van der Waals surface area contributed by atoms with Crippen molar-refractivity contribution < 1.29 is 22.5 Å². The zero-order valence-corrected chi connectivity index (χ0v) is 14.4. The molecule has 1 N–H and O–H groups in total. The maximum Gasteiger partial charge on any atom is 0.157 e. The lowest BCUT2D eigenvalue weighted by atomic mass is 10.0. The van der Waals surface area contributed by atoms with Crippen LogP contribution >= 0.6 is 0 Å². The Morgan fingerprint density at radius 3 is 2.57 bits per heavy atom. The number of nitrogens with one attached hydrogen (secondary N) is 1. The Bertz CT molecular complexity index is 557. The third-order valence-corrected chi connectivity index (χ3v) is 5.13. The zero-order chi connectivity index (χ0) is 17.0. The van der Waals surface area contributed by atoms with Crippen molar-refractivity contribution in [2.75, 3.05) is 13.2 Å². The summed E-state index contributed by atoms with van der Waals surface area (Å²) in [5.41, 5.74) is 0.167. The molecule has 0 spiro atoms. The minimum absolute atomic E-state index is 0.167. The molecule has 0 radical (unpaired) electrons. The Hall–Kier alpha value is -0.890. The molecule has 2 rings (SSSR count). The second kappa shape index (κ2) is 7.79. The van der Waals surface area contributed by atoms with Gasteiger partial charge < -0.3 is 9.47 Å². The van der Waals surface area contributed by atoms with Gasteiger partial charge in [-0.2, -0.15) is 0 Å². The van der Waals surface area contributed by atoms with E-state index in [1.54, 1.807) is 0 Å². The van der Waals surface area contributed by atoms with Crippen molar-refractivity contribution >= 4 is 11.0 Å². The van der Waals surface area contributed by atoms with Crippen molar-refractivity contribution in [1.29, 1.82) is 0 Å². The van der Waals surface area contributed by atoms with Crippen molar-refractivity contribution in [2.45, 2.75) is 50.7 Å². The van der Waals surface area contributed by atoms with Gasteiger partial charge in [-0.15, -0.1) is 0 Å². The van der Waals surface area contributed by atoms with Gasteiger partial charge in [-0.25, -0.2) is 17.7 Å². The van der Waals surface area contributed by atoms with E-state index in [-0.39, 0.29) is 11.9 Å². The Morgan fingerprint density at radius 1 is 1.30 bits per heavy atom. The molecule has 1 heterocycles. The van der Waals surface area contributed by atoms with E-state index in [9.17, 15) is 13.0 Å². The summed E-state index contributed by atoms with van der Waals surface area (Å²) in [5.74, 6) is -1.05. The fourth-order valence-electron chi connectivity index (χ4n) is 2.24. The van der Waals surface area contributed by atoms with Crippen molar-refractivity contribution in [1.82, 2.24) is 4.72 Å². The second-order valence-electron chi connectivity index (χ2n) is 6.47. The van der Waals surface area contributed by atoms with Crippen molar-refractivity contribution in [3.8, 4) is 0 Å². The Morgan fingerprint density at radius 2 is 1.96 bits per heavy atom. The predicted octanol–water partition coefficient (Wildman–Crippen LogP) is 3.21. The molecule has 130 valence electrons. The molecule has 0 saturated carbocycles. The summed E-state index contributed by atoms with van der Waals surface area (Å²) in [5, 5.41) is 0. The maximum absolute atomic E-state index is 14.1. The van der Waals surface area contributed by atoms with Gasteiger partial charge >= 0.3 is 0 Å². The molecule has 7 heteroatoms. The molecule has 1 saturated heterocycles. The topological polar surface area (TPSA) is 47.6 Å². The first-order chi connectivity index (χ1) is 10.8. The lowest BCUT2D eigenvalue weighted by molar-refractivity contribution is -0.0489. The quantitative estimate of drug-likeness (QED) is 0.860. The van der Waals surface area contributed by atoms with Crippen LogP contribution in [0.25, 0.3) is 0 Å². The highest BCUT2D eigenvalue weighted by atomic mass is 32.2.